The molecule has 0 saturated heterocycles. The van der Waals surface area contributed by atoms with Crippen LogP contribution in [0.15, 0.2) is 60.7 Å². The van der Waals surface area contributed by atoms with E-state index in [1.54, 1.807) is 26.4 Å². The Kier molecular flexibility index (Phi) is 10.0. The zero-order valence-corrected chi connectivity index (χ0v) is 19.2. The number of aromatic hydroxyl groups is 1. The normalized spacial score (nSPS) is 12.4. The number of benzene rings is 3. The third-order valence-electron chi connectivity index (χ3n) is 5.36. The van der Waals surface area contributed by atoms with Gasteiger partial charge in [-0.05, 0) is 58.5 Å². The van der Waals surface area contributed by atoms with Gasteiger partial charge in [0.05, 0.1) is 14.2 Å². The number of phenolic OH excluding ortho intramolecular Hbond substituents is 1. The molecule has 0 saturated carbocycles. The summed E-state index contributed by atoms with van der Waals surface area (Å²) in [5.41, 5.74) is 6.22. The number of hydrogen-bond donors (Lipinski definition) is 3. The van der Waals surface area contributed by atoms with Crippen molar-refractivity contribution in [2.45, 2.75) is 19.5 Å². The van der Waals surface area contributed by atoms with Crippen molar-refractivity contribution >= 4 is 0 Å². The molecule has 6 heteroatoms. The predicted molar refractivity (Wildman–Crippen MR) is 127 cm³/mol. The fourth-order valence-corrected chi connectivity index (χ4v) is 3.79. The quantitative estimate of drug-likeness (QED) is 0.560. The molecule has 0 unspecified atom stereocenters. The SMILES string of the molecule is CO.CO.COc1cc2c(cc1OC)CN(Cc1ccc(-c3ccc(O)cc3)cc1)CC2. The number of rotatable bonds is 5. The van der Waals surface area contributed by atoms with Gasteiger partial charge in [0.1, 0.15) is 5.75 Å². The van der Waals surface area contributed by atoms with Crippen LogP contribution in [-0.2, 0) is 19.5 Å². The average Bonchev–Trinajstić information content (AvgIpc) is 2.86. The van der Waals surface area contributed by atoms with E-state index in [0.717, 1.165) is 62.9 Å². The van der Waals surface area contributed by atoms with Crippen molar-refractivity contribution in [1.82, 2.24) is 4.90 Å². The van der Waals surface area contributed by atoms with E-state index in [2.05, 4.69) is 41.3 Å². The number of fused-ring (bicyclic) bond motifs is 1. The van der Waals surface area contributed by atoms with E-state index in [9.17, 15) is 5.11 Å². The first-order valence-electron chi connectivity index (χ1n) is 10.4. The van der Waals surface area contributed by atoms with E-state index in [0.29, 0.717) is 5.75 Å². The molecule has 1 heterocycles. The zero-order chi connectivity index (χ0) is 23.5. The Morgan fingerprint density at radius 3 is 1.78 bits per heavy atom. The summed E-state index contributed by atoms with van der Waals surface area (Å²) in [6, 6.07) is 20.2. The van der Waals surface area contributed by atoms with E-state index in [1.165, 1.54) is 16.7 Å². The second-order valence-corrected chi connectivity index (χ2v) is 7.18. The maximum atomic E-state index is 9.44. The van der Waals surface area contributed by atoms with Crippen LogP contribution >= 0.6 is 0 Å². The maximum Gasteiger partial charge on any atom is 0.161 e. The van der Waals surface area contributed by atoms with Crippen LogP contribution < -0.4 is 9.47 Å². The number of ether oxygens (including phenoxy) is 2. The highest BCUT2D eigenvalue weighted by Gasteiger charge is 2.19. The molecule has 172 valence electrons. The molecule has 1 aliphatic heterocycles. The fourth-order valence-electron chi connectivity index (χ4n) is 3.79. The van der Waals surface area contributed by atoms with Gasteiger partial charge in [0.15, 0.2) is 11.5 Å². The van der Waals surface area contributed by atoms with Crippen molar-refractivity contribution in [3.05, 3.63) is 77.4 Å². The van der Waals surface area contributed by atoms with Gasteiger partial charge in [0.25, 0.3) is 0 Å². The monoisotopic (exact) mass is 439 g/mol. The highest BCUT2D eigenvalue weighted by molar-refractivity contribution is 5.64. The summed E-state index contributed by atoms with van der Waals surface area (Å²) in [7, 11) is 5.36. The second-order valence-electron chi connectivity index (χ2n) is 7.18. The molecule has 3 aromatic carbocycles. The molecule has 4 rings (SSSR count). The zero-order valence-electron chi connectivity index (χ0n) is 19.2. The number of aliphatic hydroxyl groups excluding tert-OH is 2. The lowest BCUT2D eigenvalue weighted by atomic mass is 9.98. The van der Waals surface area contributed by atoms with Crippen molar-refractivity contribution in [2.24, 2.45) is 0 Å². The van der Waals surface area contributed by atoms with Gasteiger partial charge in [0, 0.05) is 33.9 Å². The lowest BCUT2D eigenvalue weighted by Crippen LogP contribution is -2.30. The number of methoxy groups -OCH3 is 2. The minimum atomic E-state index is 0.292. The Morgan fingerprint density at radius 2 is 1.25 bits per heavy atom. The first-order valence-corrected chi connectivity index (χ1v) is 10.4. The number of phenols is 1. The summed E-state index contributed by atoms with van der Waals surface area (Å²) in [4.78, 5) is 2.46. The molecule has 0 amide bonds. The molecule has 0 atom stereocenters. The molecule has 0 aromatic heterocycles. The Morgan fingerprint density at radius 1 is 0.750 bits per heavy atom. The summed E-state index contributed by atoms with van der Waals surface area (Å²) in [6.07, 6.45) is 1.02. The van der Waals surface area contributed by atoms with E-state index in [4.69, 9.17) is 19.7 Å². The summed E-state index contributed by atoms with van der Waals surface area (Å²) in [5, 5.41) is 23.4. The van der Waals surface area contributed by atoms with Gasteiger partial charge in [-0.15, -0.1) is 0 Å². The van der Waals surface area contributed by atoms with Crippen molar-refractivity contribution in [3.63, 3.8) is 0 Å². The van der Waals surface area contributed by atoms with E-state index in [-0.39, 0.29) is 0 Å². The van der Waals surface area contributed by atoms with Crippen LogP contribution in [0.25, 0.3) is 11.1 Å². The number of nitrogens with zero attached hydrogens (tertiary/aromatic N) is 1. The fraction of sp³-hybridized carbons (Fsp3) is 0.308. The molecule has 0 aliphatic carbocycles. The molecule has 3 aromatic rings. The predicted octanol–water partition coefficient (Wildman–Crippen LogP) is 3.85. The van der Waals surface area contributed by atoms with Gasteiger partial charge >= 0.3 is 0 Å². The Labute approximate surface area is 190 Å². The Hall–Kier alpha value is -3.06. The van der Waals surface area contributed by atoms with Gasteiger partial charge in [-0.3, -0.25) is 4.90 Å². The van der Waals surface area contributed by atoms with Crippen molar-refractivity contribution in [1.29, 1.82) is 0 Å². The van der Waals surface area contributed by atoms with Crippen LogP contribution in [-0.4, -0.2) is 55.2 Å². The molecule has 0 bridgehead atoms. The Balaban J connectivity index is 0.000000860. The van der Waals surface area contributed by atoms with Crippen LogP contribution in [0.1, 0.15) is 16.7 Å². The first-order chi connectivity index (χ1) is 15.7. The van der Waals surface area contributed by atoms with Crippen LogP contribution in [0.5, 0.6) is 17.2 Å². The van der Waals surface area contributed by atoms with E-state index in [1.807, 2.05) is 12.1 Å². The first kappa shape index (κ1) is 25.2. The van der Waals surface area contributed by atoms with Crippen LogP contribution in [0.3, 0.4) is 0 Å². The van der Waals surface area contributed by atoms with Crippen LogP contribution in [0, 0.1) is 0 Å². The lowest BCUT2D eigenvalue weighted by molar-refractivity contribution is 0.244. The minimum absolute atomic E-state index is 0.292. The summed E-state index contributed by atoms with van der Waals surface area (Å²) >= 11 is 0. The highest BCUT2D eigenvalue weighted by Crippen LogP contribution is 2.33. The van der Waals surface area contributed by atoms with Crippen molar-refractivity contribution < 1.29 is 24.8 Å². The summed E-state index contributed by atoms with van der Waals surface area (Å²) in [6.45, 7) is 2.86. The van der Waals surface area contributed by atoms with Gasteiger partial charge < -0.3 is 24.8 Å². The molecule has 32 heavy (non-hydrogen) atoms. The van der Waals surface area contributed by atoms with Gasteiger partial charge in [-0.2, -0.15) is 0 Å². The largest absolute Gasteiger partial charge is 0.508 e. The third-order valence-corrected chi connectivity index (χ3v) is 5.36. The molecule has 1 aliphatic rings. The third kappa shape index (κ3) is 6.23. The standard InChI is InChI=1S/C24H25NO3.2CH4O/c1-27-23-13-20-11-12-25(16-21(20)14-24(23)28-2)15-17-3-5-18(6-4-17)19-7-9-22(26)10-8-19;2*1-2/h3-10,13-14,26H,11-12,15-16H2,1-2H3;2*2H,1H3. The molecule has 3 N–H and O–H groups in total. The van der Waals surface area contributed by atoms with Gasteiger partial charge in [-0.25, -0.2) is 0 Å². The smallest absolute Gasteiger partial charge is 0.161 e. The number of hydrogen-bond acceptors (Lipinski definition) is 6. The topological polar surface area (TPSA) is 82.4 Å². The molecule has 0 radical (unpaired) electrons. The molecule has 0 spiro atoms. The molecular formula is C26H33NO5. The number of aliphatic hydroxyl groups is 2. The Bertz CT molecular complexity index is 955. The van der Waals surface area contributed by atoms with Crippen molar-refractivity contribution in [2.75, 3.05) is 35.0 Å². The molecule has 6 nitrogen and oxygen atoms in total. The van der Waals surface area contributed by atoms with Gasteiger partial charge in [0.2, 0.25) is 0 Å². The highest BCUT2D eigenvalue weighted by atomic mass is 16.5. The average molecular weight is 440 g/mol. The van der Waals surface area contributed by atoms with Gasteiger partial charge in [-0.1, -0.05) is 36.4 Å². The maximum absolute atomic E-state index is 9.44. The van der Waals surface area contributed by atoms with Crippen molar-refractivity contribution in [3.8, 4) is 28.4 Å². The lowest BCUT2D eigenvalue weighted by Gasteiger charge is -2.29. The van der Waals surface area contributed by atoms with E-state index >= 15 is 0 Å². The van der Waals surface area contributed by atoms with E-state index < -0.39 is 0 Å². The van der Waals surface area contributed by atoms with Crippen LogP contribution in [0.4, 0.5) is 0 Å². The molecule has 0 fully saturated rings. The summed E-state index contributed by atoms with van der Waals surface area (Å²) < 4.78 is 10.9. The molecular weight excluding hydrogens is 406 g/mol. The summed E-state index contributed by atoms with van der Waals surface area (Å²) in [5.74, 6) is 1.89. The van der Waals surface area contributed by atoms with Crippen LogP contribution in [0.2, 0.25) is 0 Å². The second kappa shape index (κ2) is 12.7. The minimum Gasteiger partial charge on any atom is -0.508 e.